The average molecular weight is 254 g/mol. The second-order valence-corrected chi connectivity index (χ2v) is 5.51. The Kier molecular flexibility index (Phi) is 5.45. The molecule has 1 atom stereocenters. The van der Waals surface area contributed by atoms with Crippen LogP contribution in [0, 0.1) is 5.92 Å². The van der Waals surface area contributed by atoms with Crippen molar-refractivity contribution in [3.8, 4) is 0 Å². The molecule has 2 aliphatic rings. The highest BCUT2D eigenvalue weighted by Gasteiger charge is 2.28. The lowest BCUT2D eigenvalue weighted by Crippen LogP contribution is -2.48. The molecule has 0 bridgehead atoms. The van der Waals surface area contributed by atoms with Crippen LogP contribution in [0.2, 0.25) is 0 Å². The topological polar surface area (TPSA) is 50.4 Å². The molecule has 0 spiro atoms. The van der Waals surface area contributed by atoms with Crippen LogP contribution in [0.3, 0.4) is 0 Å². The van der Waals surface area contributed by atoms with Gasteiger partial charge in [0.2, 0.25) is 0 Å². The monoisotopic (exact) mass is 254 g/mol. The number of nitrogens with one attached hydrogen (secondary N) is 2. The third kappa shape index (κ3) is 3.95. The average Bonchev–Trinajstić information content (AvgIpc) is 2.41. The summed E-state index contributed by atoms with van der Waals surface area (Å²) in [7, 11) is 0. The summed E-state index contributed by atoms with van der Waals surface area (Å²) in [5.41, 5.74) is 0. The quantitative estimate of drug-likeness (QED) is 0.746. The van der Waals surface area contributed by atoms with Crippen molar-refractivity contribution >= 4 is 5.97 Å². The molecule has 2 fully saturated rings. The Hall–Kier alpha value is -0.610. The highest BCUT2D eigenvalue weighted by atomic mass is 16.5. The van der Waals surface area contributed by atoms with Gasteiger partial charge in [-0.15, -0.1) is 0 Å². The standard InChI is InChI=1S/C14H26N2O2/c1-2-18-14(17)11-5-7-12(8-6-11)16-13-4-3-9-15-10-13/h11-13,15-16H,2-10H2,1H3. The van der Waals surface area contributed by atoms with E-state index in [2.05, 4.69) is 10.6 Å². The highest BCUT2D eigenvalue weighted by Crippen LogP contribution is 2.26. The first-order chi connectivity index (χ1) is 8.79. The zero-order chi connectivity index (χ0) is 12.8. The molecule has 1 aliphatic heterocycles. The lowest BCUT2D eigenvalue weighted by Gasteiger charge is -2.33. The fourth-order valence-electron chi connectivity index (χ4n) is 3.08. The van der Waals surface area contributed by atoms with Gasteiger partial charge < -0.3 is 15.4 Å². The molecule has 0 aromatic rings. The molecule has 0 amide bonds. The lowest BCUT2D eigenvalue weighted by atomic mass is 9.85. The Morgan fingerprint density at radius 2 is 2.00 bits per heavy atom. The van der Waals surface area contributed by atoms with Crippen molar-refractivity contribution in [3.63, 3.8) is 0 Å². The van der Waals surface area contributed by atoms with Crippen LogP contribution in [0.1, 0.15) is 45.4 Å². The minimum Gasteiger partial charge on any atom is -0.466 e. The second kappa shape index (κ2) is 7.10. The Morgan fingerprint density at radius 1 is 1.22 bits per heavy atom. The Labute approximate surface area is 110 Å². The Morgan fingerprint density at radius 3 is 2.61 bits per heavy atom. The number of ether oxygens (including phenoxy) is 1. The predicted molar refractivity (Wildman–Crippen MR) is 71.4 cm³/mol. The van der Waals surface area contributed by atoms with E-state index in [0.717, 1.165) is 38.8 Å². The van der Waals surface area contributed by atoms with Crippen molar-refractivity contribution in [3.05, 3.63) is 0 Å². The molecule has 2 rings (SSSR count). The van der Waals surface area contributed by atoms with E-state index in [1.807, 2.05) is 6.92 Å². The van der Waals surface area contributed by atoms with Gasteiger partial charge in [0.25, 0.3) is 0 Å². The van der Waals surface area contributed by atoms with Crippen molar-refractivity contribution < 1.29 is 9.53 Å². The highest BCUT2D eigenvalue weighted by molar-refractivity contribution is 5.72. The van der Waals surface area contributed by atoms with Gasteiger partial charge >= 0.3 is 5.97 Å². The largest absolute Gasteiger partial charge is 0.466 e. The molecule has 0 aromatic carbocycles. The molecule has 1 saturated heterocycles. The fourth-order valence-corrected chi connectivity index (χ4v) is 3.08. The molecule has 0 radical (unpaired) electrons. The van der Waals surface area contributed by atoms with E-state index in [9.17, 15) is 4.79 Å². The number of carbonyl (C=O) groups excluding carboxylic acids is 1. The van der Waals surface area contributed by atoms with Crippen LogP contribution >= 0.6 is 0 Å². The molecule has 2 N–H and O–H groups in total. The van der Waals surface area contributed by atoms with Gasteiger partial charge in [-0.2, -0.15) is 0 Å². The van der Waals surface area contributed by atoms with Gasteiger partial charge in [-0.25, -0.2) is 0 Å². The molecule has 0 aromatic heterocycles. The van der Waals surface area contributed by atoms with Crippen LogP contribution in [-0.4, -0.2) is 37.7 Å². The maximum absolute atomic E-state index is 11.6. The summed E-state index contributed by atoms with van der Waals surface area (Å²) in [6.45, 7) is 4.64. The first-order valence-corrected chi connectivity index (χ1v) is 7.43. The second-order valence-electron chi connectivity index (χ2n) is 5.51. The van der Waals surface area contributed by atoms with Crippen molar-refractivity contribution in [2.24, 2.45) is 5.92 Å². The summed E-state index contributed by atoms with van der Waals surface area (Å²) >= 11 is 0. The van der Waals surface area contributed by atoms with Crippen LogP contribution < -0.4 is 10.6 Å². The molecule has 4 nitrogen and oxygen atoms in total. The number of rotatable bonds is 4. The van der Waals surface area contributed by atoms with Gasteiger partial charge in [0, 0.05) is 18.6 Å². The summed E-state index contributed by atoms with van der Waals surface area (Å²) < 4.78 is 5.10. The molecule has 1 unspecified atom stereocenters. The summed E-state index contributed by atoms with van der Waals surface area (Å²) in [4.78, 5) is 11.6. The summed E-state index contributed by atoms with van der Waals surface area (Å²) in [6, 6.07) is 1.23. The molecular weight excluding hydrogens is 228 g/mol. The van der Waals surface area contributed by atoms with Gasteiger partial charge in [0.15, 0.2) is 0 Å². The molecular formula is C14H26N2O2. The third-order valence-corrected chi connectivity index (χ3v) is 4.12. The molecule has 104 valence electrons. The molecule has 18 heavy (non-hydrogen) atoms. The van der Waals surface area contributed by atoms with Gasteiger partial charge in [0.1, 0.15) is 0 Å². The van der Waals surface area contributed by atoms with E-state index < -0.39 is 0 Å². The first-order valence-electron chi connectivity index (χ1n) is 7.43. The number of hydrogen-bond acceptors (Lipinski definition) is 4. The maximum Gasteiger partial charge on any atom is 0.308 e. The molecule has 4 heteroatoms. The first kappa shape index (κ1) is 13.8. The van der Waals surface area contributed by atoms with Crippen LogP contribution in [0.25, 0.3) is 0 Å². The van der Waals surface area contributed by atoms with E-state index in [1.54, 1.807) is 0 Å². The van der Waals surface area contributed by atoms with Gasteiger partial charge in [-0.05, 0) is 52.0 Å². The zero-order valence-electron chi connectivity index (χ0n) is 11.4. The summed E-state index contributed by atoms with van der Waals surface area (Å²) in [6.07, 6.45) is 6.74. The van der Waals surface area contributed by atoms with E-state index in [0.29, 0.717) is 18.7 Å². The smallest absolute Gasteiger partial charge is 0.308 e. The normalized spacial score (nSPS) is 33.1. The van der Waals surface area contributed by atoms with Crippen LogP contribution in [0.4, 0.5) is 0 Å². The van der Waals surface area contributed by atoms with Crippen molar-refractivity contribution in [2.75, 3.05) is 19.7 Å². The third-order valence-electron chi connectivity index (χ3n) is 4.12. The van der Waals surface area contributed by atoms with Gasteiger partial charge in [-0.1, -0.05) is 0 Å². The van der Waals surface area contributed by atoms with Crippen LogP contribution in [0.5, 0.6) is 0 Å². The van der Waals surface area contributed by atoms with Crippen molar-refractivity contribution in [1.29, 1.82) is 0 Å². The number of carbonyl (C=O) groups is 1. The van der Waals surface area contributed by atoms with E-state index in [4.69, 9.17) is 4.74 Å². The van der Waals surface area contributed by atoms with Crippen LogP contribution in [0.15, 0.2) is 0 Å². The number of esters is 1. The Balaban J connectivity index is 1.68. The molecule has 1 heterocycles. The summed E-state index contributed by atoms with van der Waals surface area (Å²) in [5.74, 6) is 0.155. The number of hydrogen-bond donors (Lipinski definition) is 2. The lowest BCUT2D eigenvalue weighted by molar-refractivity contribution is -0.149. The fraction of sp³-hybridized carbons (Fsp3) is 0.929. The maximum atomic E-state index is 11.6. The van der Waals surface area contributed by atoms with E-state index in [-0.39, 0.29) is 11.9 Å². The zero-order valence-corrected chi connectivity index (χ0v) is 11.4. The molecule has 1 aliphatic carbocycles. The minimum absolute atomic E-state index is 0.00952. The van der Waals surface area contributed by atoms with Gasteiger partial charge in [0.05, 0.1) is 12.5 Å². The SMILES string of the molecule is CCOC(=O)C1CCC(NC2CCCNC2)CC1. The predicted octanol–water partition coefficient (Wildman–Crippen LogP) is 1.45. The van der Waals surface area contributed by atoms with Crippen molar-refractivity contribution in [2.45, 2.75) is 57.5 Å². The van der Waals surface area contributed by atoms with Crippen molar-refractivity contribution in [1.82, 2.24) is 10.6 Å². The minimum atomic E-state index is 0.00952. The molecule has 1 saturated carbocycles. The van der Waals surface area contributed by atoms with Crippen LogP contribution in [-0.2, 0) is 9.53 Å². The Bertz CT molecular complexity index is 257. The summed E-state index contributed by atoms with van der Waals surface area (Å²) in [5, 5.41) is 7.17. The van der Waals surface area contributed by atoms with Gasteiger partial charge in [-0.3, -0.25) is 4.79 Å². The number of piperidine rings is 1. The van der Waals surface area contributed by atoms with E-state index in [1.165, 1.54) is 12.8 Å². The van der Waals surface area contributed by atoms with E-state index >= 15 is 0 Å².